The third-order valence-corrected chi connectivity index (χ3v) is 5.68. The smallest absolute Gasteiger partial charge is 0.416 e. The molecule has 4 rings (SSSR count). The average Bonchev–Trinajstić information content (AvgIpc) is 2.87. The standard InChI is InChI=1S/C24H20F4N4O3/c25-24(26,27)18-4-8-20(9-5-18)32(28)22(33)17-3-10-21(29-15-17)31-13-11-30(12-14-31)19-6-1-16(2-7-19)23(34)35/h1-10,15H,11-14H2,(H,34,35). The molecule has 1 aliphatic heterocycles. The number of carbonyl (C=O) groups excluding carboxylic acids is 1. The van der Waals surface area contributed by atoms with Crippen molar-refractivity contribution in [2.75, 3.05) is 41.1 Å². The summed E-state index contributed by atoms with van der Waals surface area (Å²) in [6.45, 7) is 2.59. The van der Waals surface area contributed by atoms with Crippen LogP contribution in [-0.2, 0) is 6.18 Å². The average molecular weight is 488 g/mol. The van der Waals surface area contributed by atoms with Crippen molar-refractivity contribution in [2.45, 2.75) is 6.18 Å². The van der Waals surface area contributed by atoms with Gasteiger partial charge >= 0.3 is 12.1 Å². The molecule has 7 nitrogen and oxygen atoms in total. The zero-order chi connectivity index (χ0) is 25.2. The Hall–Kier alpha value is -4.15. The summed E-state index contributed by atoms with van der Waals surface area (Å²) >= 11 is 0. The summed E-state index contributed by atoms with van der Waals surface area (Å²) in [7, 11) is 0. The molecule has 0 bridgehead atoms. The van der Waals surface area contributed by atoms with E-state index in [9.17, 15) is 27.2 Å². The second kappa shape index (κ2) is 9.61. The first kappa shape index (κ1) is 24.0. The van der Waals surface area contributed by atoms with E-state index in [0.29, 0.717) is 44.1 Å². The van der Waals surface area contributed by atoms with E-state index < -0.39 is 23.6 Å². The molecule has 0 radical (unpaired) electrons. The van der Waals surface area contributed by atoms with E-state index in [0.717, 1.165) is 17.8 Å². The van der Waals surface area contributed by atoms with Gasteiger partial charge in [-0.3, -0.25) is 4.79 Å². The van der Waals surface area contributed by atoms with Crippen molar-refractivity contribution in [2.24, 2.45) is 0 Å². The molecule has 2 heterocycles. The van der Waals surface area contributed by atoms with Crippen molar-refractivity contribution in [3.63, 3.8) is 0 Å². The number of hydrogen-bond acceptors (Lipinski definition) is 5. The highest BCUT2D eigenvalue weighted by atomic mass is 19.4. The predicted octanol–water partition coefficient (Wildman–Crippen LogP) is 4.66. The molecule has 0 atom stereocenters. The zero-order valence-electron chi connectivity index (χ0n) is 18.2. The monoisotopic (exact) mass is 488 g/mol. The lowest BCUT2D eigenvalue weighted by Crippen LogP contribution is -2.46. The molecule has 1 N–H and O–H groups in total. The number of amides is 1. The summed E-state index contributed by atoms with van der Waals surface area (Å²) in [6.07, 6.45) is -3.33. The van der Waals surface area contributed by atoms with Crippen LogP contribution in [0.4, 0.5) is 34.8 Å². The first-order chi connectivity index (χ1) is 16.6. The van der Waals surface area contributed by atoms with Gasteiger partial charge < -0.3 is 14.9 Å². The number of hydrogen-bond donors (Lipinski definition) is 1. The van der Waals surface area contributed by atoms with Crippen molar-refractivity contribution < 1.29 is 32.3 Å². The van der Waals surface area contributed by atoms with Crippen molar-refractivity contribution in [1.82, 2.24) is 4.98 Å². The van der Waals surface area contributed by atoms with E-state index in [2.05, 4.69) is 9.88 Å². The van der Waals surface area contributed by atoms with Gasteiger partial charge in [-0.25, -0.2) is 9.78 Å². The lowest BCUT2D eigenvalue weighted by Gasteiger charge is -2.36. The van der Waals surface area contributed by atoms with Gasteiger partial charge in [-0.15, -0.1) is 5.12 Å². The van der Waals surface area contributed by atoms with Crippen LogP contribution < -0.4 is 14.9 Å². The number of pyridine rings is 1. The van der Waals surface area contributed by atoms with E-state index in [-0.39, 0.29) is 21.9 Å². The number of aromatic carboxylic acids is 1. The Kier molecular flexibility index (Phi) is 6.59. The third-order valence-electron chi connectivity index (χ3n) is 5.68. The molecule has 1 saturated heterocycles. The molecule has 1 amide bonds. The summed E-state index contributed by atoms with van der Waals surface area (Å²) in [4.78, 5) is 31.8. The molecule has 1 aliphatic rings. The summed E-state index contributed by atoms with van der Waals surface area (Å²) in [5.74, 6) is -1.43. The van der Waals surface area contributed by atoms with E-state index in [1.165, 1.54) is 12.3 Å². The highest BCUT2D eigenvalue weighted by Crippen LogP contribution is 2.31. The zero-order valence-corrected chi connectivity index (χ0v) is 18.2. The Balaban J connectivity index is 1.36. The number of nitrogens with zero attached hydrogens (tertiary/aromatic N) is 4. The van der Waals surface area contributed by atoms with Crippen LogP contribution in [0.1, 0.15) is 26.3 Å². The van der Waals surface area contributed by atoms with Crippen LogP contribution in [0, 0.1) is 0 Å². The molecule has 0 spiro atoms. The molecule has 1 fully saturated rings. The molecule has 35 heavy (non-hydrogen) atoms. The SMILES string of the molecule is O=C(O)c1ccc(N2CCN(c3ccc(C(=O)N(F)c4ccc(C(F)(F)F)cc4)cn3)CC2)cc1. The lowest BCUT2D eigenvalue weighted by molar-refractivity contribution is -0.137. The number of benzene rings is 2. The third kappa shape index (κ3) is 5.34. The minimum atomic E-state index is -4.56. The number of piperazine rings is 1. The first-order valence-corrected chi connectivity index (χ1v) is 10.6. The normalized spacial score (nSPS) is 14.1. The summed E-state index contributed by atoms with van der Waals surface area (Å²) in [6, 6.07) is 12.8. The molecule has 1 aromatic heterocycles. The van der Waals surface area contributed by atoms with Gasteiger partial charge in [0.25, 0.3) is 5.91 Å². The maximum Gasteiger partial charge on any atom is 0.416 e. The maximum atomic E-state index is 14.5. The van der Waals surface area contributed by atoms with Crippen LogP contribution >= 0.6 is 0 Å². The van der Waals surface area contributed by atoms with E-state index in [1.54, 1.807) is 30.3 Å². The molecule has 0 aliphatic carbocycles. The topological polar surface area (TPSA) is 77.0 Å². The Morgan fingerprint density at radius 2 is 1.40 bits per heavy atom. The fourth-order valence-corrected chi connectivity index (χ4v) is 3.72. The minimum absolute atomic E-state index is 0.0479. The largest absolute Gasteiger partial charge is 0.478 e. The lowest BCUT2D eigenvalue weighted by atomic mass is 10.1. The fraction of sp³-hybridized carbons (Fsp3) is 0.208. The Morgan fingerprint density at radius 3 is 1.91 bits per heavy atom. The van der Waals surface area contributed by atoms with Crippen molar-refractivity contribution in [1.29, 1.82) is 0 Å². The van der Waals surface area contributed by atoms with Gasteiger partial charge in [0.15, 0.2) is 0 Å². The molecule has 0 unspecified atom stereocenters. The Bertz CT molecular complexity index is 1190. The van der Waals surface area contributed by atoms with E-state index in [1.807, 2.05) is 4.90 Å². The molecular formula is C24H20F4N4O3. The molecule has 182 valence electrons. The predicted molar refractivity (Wildman–Crippen MR) is 121 cm³/mol. The minimum Gasteiger partial charge on any atom is -0.478 e. The highest BCUT2D eigenvalue weighted by molar-refractivity contribution is 6.04. The number of alkyl halides is 3. The van der Waals surface area contributed by atoms with E-state index >= 15 is 0 Å². The summed E-state index contributed by atoms with van der Waals surface area (Å²) < 4.78 is 52.5. The number of halogens is 4. The van der Waals surface area contributed by atoms with Gasteiger partial charge in [0.05, 0.1) is 22.4 Å². The van der Waals surface area contributed by atoms with Crippen LogP contribution in [0.15, 0.2) is 66.9 Å². The van der Waals surface area contributed by atoms with E-state index in [4.69, 9.17) is 5.11 Å². The molecule has 0 saturated carbocycles. The Labute approximate surface area is 197 Å². The van der Waals surface area contributed by atoms with Gasteiger partial charge in [0, 0.05) is 38.1 Å². The van der Waals surface area contributed by atoms with Crippen molar-refractivity contribution in [3.05, 3.63) is 83.6 Å². The van der Waals surface area contributed by atoms with Crippen LogP contribution in [0.5, 0.6) is 0 Å². The summed E-state index contributed by atoms with van der Waals surface area (Å²) in [5.41, 5.74) is -0.176. The van der Waals surface area contributed by atoms with Gasteiger partial charge in [-0.05, 0) is 60.7 Å². The fourth-order valence-electron chi connectivity index (χ4n) is 3.72. The van der Waals surface area contributed by atoms with Crippen LogP contribution in [0.25, 0.3) is 0 Å². The van der Waals surface area contributed by atoms with Gasteiger partial charge in [-0.1, -0.05) is 4.48 Å². The number of aromatic nitrogens is 1. The van der Waals surface area contributed by atoms with Gasteiger partial charge in [0.2, 0.25) is 0 Å². The maximum absolute atomic E-state index is 14.5. The highest BCUT2D eigenvalue weighted by Gasteiger charge is 2.30. The number of carbonyl (C=O) groups is 2. The number of carboxylic acids is 1. The van der Waals surface area contributed by atoms with Crippen LogP contribution in [0.3, 0.4) is 0 Å². The first-order valence-electron chi connectivity index (χ1n) is 10.6. The second-order valence-electron chi connectivity index (χ2n) is 7.86. The number of rotatable bonds is 5. The number of anilines is 3. The molecule has 2 aromatic carbocycles. The van der Waals surface area contributed by atoms with Gasteiger partial charge in [0.1, 0.15) is 5.82 Å². The van der Waals surface area contributed by atoms with Crippen molar-refractivity contribution >= 4 is 29.1 Å². The summed E-state index contributed by atoms with van der Waals surface area (Å²) in [5, 5.41) is 8.80. The van der Waals surface area contributed by atoms with Crippen LogP contribution in [0.2, 0.25) is 0 Å². The van der Waals surface area contributed by atoms with Crippen LogP contribution in [-0.4, -0.2) is 48.1 Å². The van der Waals surface area contributed by atoms with Gasteiger partial charge in [-0.2, -0.15) is 13.2 Å². The van der Waals surface area contributed by atoms with Crippen molar-refractivity contribution in [3.8, 4) is 0 Å². The molecule has 11 heteroatoms. The number of carboxylic acid groups (broad SMARTS) is 1. The molecular weight excluding hydrogens is 468 g/mol. The quantitative estimate of drug-likeness (QED) is 0.416. The second-order valence-corrected chi connectivity index (χ2v) is 7.86. The molecule has 3 aromatic rings. The Morgan fingerprint density at radius 1 is 0.829 bits per heavy atom.